The molecule has 4 heteroatoms. The van der Waals surface area contributed by atoms with E-state index in [0.29, 0.717) is 12.5 Å². The summed E-state index contributed by atoms with van der Waals surface area (Å²) in [5, 5.41) is 2.74. The lowest BCUT2D eigenvalue weighted by Gasteiger charge is -2.30. The van der Waals surface area contributed by atoms with Crippen LogP contribution in [0.25, 0.3) is 0 Å². The van der Waals surface area contributed by atoms with Crippen molar-refractivity contribution in [3.05, 3.63) is 0 Å². The maximum atomic E-state index is 11.3. The van der Waals surface area contributed by atoms with Gasteiger partial charge in [0, 0.05) is 6.54 Å². The van der Waals surface area contributed by atoms with Gasteiger partial charge in [-0.15, -0.1) is 11.6 Å². The minimum absolute atomic E-state index is 0.0475. The predicted octanol–water partition coefficient (Wildman–Crippen LogP) is 2.92. The lowest BCUT2D eigenvalue weighted by molar-refractivity contribution is 0.0523. The molecule has 0 spiro atoms. The number of amides is 1. The highest BCUT2D eigenvalue weighted by Crippen LogP contribution is 2.32. The van der Waals surface area contributed by atoms with Gasteiger partial charge in [0.05, 0.1) is 5.38 Å². The molecule has 0 heterocycles. The van der Waals surface area contributed by atoms with Gasteiger partial charge < -0.3 is 10.1 Å². The number of alkyl halides is 1. The third-order valence-corrected chi connectivity index (χ3v) is 3.01. The fraction of sp³-hybridized carbons (Fsp3) is 0.909. The van der Waals surface area contributed by atoms with Gasteiger partial charge in [-0.2, -0.15) is 0 Å². The maximum absolute atomic E-state index is 11.3. The van der Waals surface area contributed by atoms with Gasteiger partial charge in [0.1, 0.15) is 5.60 Å². The number of alkyl carbamates (subject to hydrolysis) is 1. The van der Waals surface area contributed by atoms with Crippen LogP contribution in [0.1, 0.15) is 40.0 Å². The summed E-state index contributed by atoms with van der Waals surface area (Å²) in [4.78, 5) is 11.3. The highest BCUT2D eigenvalue weighted by atomic mass is 35.5. The maximum Gasteiger partial charge on any atom is 0.407 e. The fourth-order valence-electron chi connectivity index (χ4n) is 1.46. The lowest BCUT2D eigenvalue weighted by atomic mass is 9.83. The second kappa shape index (κ2) is 5.06. The number of hydrogen-bond donors (Lipinski definition) is 1. The van der Waals surface area contributed by atoms with E-state index in [1.165, 1.54) is 19.3 Å². The molecule has 88 valence electrons. The van der Waals surface area contributed by atoms with E-state index in [9.17, 15) is 4.79 Å². The molecular formula is C11H20ClNO2. The van der Waals surface area contributed by atoms with Gasteiger partial charge in [-0.25, -0.2) is 4.79 Å². The van der Waals surface area contributed by atoms with Crippen molar-refractivity contribution in [2.75, 3.05) is 6.54 Å². The van der Waals surface area contributed by atoms with Gasteiger partial charge in [-0.1, -0.05) is 6.42 Å². The highest BCUT2D eigenvalue weighted by molar-refractivity contribution is 6.21. The molecule has 1 amide bonds. The molecule has 1 atom stereocenters. The van der Waals surface area contributed by atoms with Crippen molar-refractivity contribution in [1.82, 2.24) is 5.32 Å². The molecule has 3 nitrogen and oxygen atoms in total. The van der Waals surface area contributed by atoms with Crippen LogP contribution in [0, 0.1) is 5.92 Å². The molecule has 1 N–H and O–H groups in total. The van der Waals surface area contributed by atoms with Crippen LogP contribution in [0.3, 0.4) is 0 Å². The summed E-state index contributed by atoms with van der Waals surface area (Å²) in [7, 11) is 0. The largest absolute Gasteiger partial charge is 0.444 e. The van der Waals surface area contributed by atoms with Crippen LogP contribution in [-0.2, 0) is 4.74 Å². The monoisotopic (exact) mass is 233 g/mol. The van der Waals surface area contributed by atoms with E-state index in [4.69, 9.17) is 16.3 Å². The van der Waals surface area contributed by atoms with E-state index in [0.717, 1.165) is 0 Å². The van der Waals surface area contributed by atoms with Crippen LogP contribution in [0.4, 0.5) is 4.79 Å². The number of rotatable bonds is 3. The quantitative estimate of drug-likeness (QED) is 0.762. The molecule has 1 rings (SSSR count). The van der Waals surface area contributed by atoms with E-state index in [1.54, 1.807) is 0 Å². The molecule has 1 fully saturated rings. The number of nitrogens with one attached hydrogen (secondary N) is 1. The highest BCUT2D eigenvalue weighted by Gasteiger charge is 2.26. The number of halogens is 1. The molecule has 0 radical (unpaired) electrons. The van der Waals surface area contributed by atoms with Crippen molar-refractivity contribution in [2.24, 2.45) is 5.92 Å². The molecule has 1 saturated carbocycles. The zero-order valence-corrected chi connectivity index (χ0v) is 10.4. The standard InChI is InChI=1S/C11H20ClNO2/c1-11(2,3)15-10(14)13-7-9(12)8-5-4-6-8/h8-9H,4-7H2,1-3H3,(H,13,14). The average molecular weight is 234 g/mol. The van der Waals surface area contributed by atoms with Crippen molar-refractivity contribution < 1.29 is 9.53 Å². The topological polar surface area (TPSA) is 38.3 Å². The second-order valence-corrected chi connectivity index (χ2v) is 5.65. The van der Waals surface area contributed by atoms with E-state index in [1.807, 2.05) is 20.8 Å². The van der Waals surface area contributed by atoms with Crippen molar-refractivity contribution >= 4 is 17.7 Å². The van der Waals surface area contributed by atoms with E-state index in [2.05, 4.69) is 5.32 Å². The smallest absolute Gasteiger partial charge is 0.407 e. The number of carbonyl (C=O) groups is 1. The van der Waals surface area contributed by atoms with E-state index >= 15 is 0 Å². The Morgan fingerprint density at radius 3 is 2.53 bits per heavy atom. The minimum Gasteiger partial charge on any atom is -0.444 e. The molecule has 0 saturated heterocycles. The van der Waals surface area contributed by atoms with Gasteiger partial charge in [-0.3, -0.25) is 0 Å². The van der Waals surface area contributed by atoms with Crippen LogP contribution in [0.5, 0.6) is 0 Å². The molecule has 0 bridgehead atoms. The fourth-order valence-corrected chi connectivity index (χ4v) is 1.79. The Labute approximate surface area is 96.5 Å². The lowest BCUT2D eigenvalue weighted by Crippen LogP contribution is -2.38. The Morgan fingerprint density at radius 1 is 1.53 bits per heavy atom. The van der Waals surface area contributed by atoms with Crippen LogP contribution >= 0.6 is 11.6 Å². The molecule has 0 aliphatic heterocycles. The first kappa shape index (κ1) is 12.6. The summed E-state index contributed by atoms with van der Waals surface area (Å²) in [5.74, 6) is 0.571. The average Bonchev–Trinajstić information content (AvgIpc) is 1.94. The van der Waals surface area contributed by atoms with E-state index in [-0.39, 0.29) is 11.5 Å². The first-order chi connectivity index (χ1) is 6.88. The number of ether oxygens (including phenoxy) is 1. The normalized spacial score (nSPS) is 19.2. The zero-order chi connectivity index (χ0) is 11.5. The van der Waals surface area contributed by atoms with Crippen molar-refractivity contribution in [3.63, 3.8) is 0 Å². The van der Waals surface area contributed by atoms with Crippen LogP contribution in [-0.4, -0.2) is 23.6 Å². The van der Waals surface area contributed by atoms with Crippen molar-refractivity contribution in [1.29, 1.82) is 0 Å². The first-order valence-corrected chi connectivity index (χ1v) is 5.93. The predicted molar refractivity (Wildman–Crippen MR) is 61.2 cm³/mol. The molecule has 0 aromatic carbocycles. The van der Waals surface area contributed by atoms with Crippen LogP contribution in [0.15, 0.2) is 0 Å². The Morgan fingerprint density at radius 2 is 2.13 bits per heavy atom. The summed E-state index contributed by atoms with van der Waals surface area (Å²) >= 11 is 6.13. The van der Waals surface area contributed by atoms with E-state index < -0.39 is 5.60 Å². The van der Waals surface area contributed by atoms with Gasteiger partial charge in [-0.05, 0) is 39.5 Å². The third kappa shape index (κ3) is 4.74. The number of hydrogen-bond acceptors (Lipinski definition) is 2. The summed E-state index contributed by atoms with van der Waals surface area (Å²) in [5.41, 5.74) is -0.442. The van der Waals surface area contributed by atoms with Gasteiger partial charge >= 0.3 is 6.09 Å². The third-order valence-electron chi connectivity index (χ3n) is 2.50. The van der Waals surface area contributed by atoms with Crippen molar-refractivity contribution in [3.8, 4) is 0 Å². The van der Waals surface area contributed by atoms with Gasteiger partial charge in [0.2, 0.25) is 0 Å². The molecular weight excluding hydrogens is 214 g/mol. The van der Waals surface area contributed by atoms with Crippen LogP contribution in [0.2, 0.25) is 0 Å². The van der Waals surface area contributed by atoms with Crippen LogP contribution < -0.4 is 5.32 Å². The summed E-state index contributed by atoms with van der Waals surface area (Å²) in [6, 6.07) is 0. The summed E-state index contributed by atoms with van der Waals surface area (Å²) in [6.45, 7) is 6.03. The molecule has 1 aliphatic rings. The zero-order valence-electron chi connectivity index (χ0n) is 9.68. The minimum atomic E-state index is -0.442. The Bertz CT molecular complexity index is 221. The molecule has 0 aromatic rings. The molecule has 15 heavy (non-hydrogen) atoms. The molecule has 1 aliphatic carbocycles. The molecule has 0 aromatic heterocycles. The van der Waals surface area contributed by atoms with Gasteiger partial charge in [0.25, 0.3) is 0 Å². The summed E-state index contributed by atoms with van der Waals surface area (Å²) < 4.78 is 5.11. The Balaban J connectivity index is 2.15. The SMILES string of the molecule is CC(C)(C)OC(=O)NCC(Cl)C1CCC1. The second-order valence-electron chi connectivity index (χ2n) is 5.09. The van der Waals surface area contributed by atoms with Crippen molar-refractivity contribution in [2.45, 2.75) is 51.0 Å². The Kier molecular flexibility index (Phi) is 4.26. The summed E-state index contributed by atoms with van der Waals surface area (Å²) in [6.07, 6.45) is 3.25. The number of carbonyl (C=O) groups excluding carboxylic acids is 1. The first-order valence-electron chi connectivity index (χ1n) is 5.49. The van der Waals surface area contributed by atoms with Gasteiger partial charge in [0.15, 0.2) is 0 Å². The Hall–Kier alpha value is -0.440. The molecule has 1 unspecified atom stereocenters.